The smallest absolute Gasteiger partial charge is 0.547 e. The molecule has 0 bridgehead atoms. The standard InChI is InChI=1S/C6H10O8.C6H12O6.2Na/c7-1(3(9)5(11)12)2(8)4(10)6(13)14;7-1-3(9)5(11)6(12)4(10)2-8;;/h1-4,7-10H,(H,11,12)(H,13,14);1,3-6,8-12H,2H2;;/q;;2*+1/p-2. The second kappa shape index (κ2) is 18.1. The van der Waals surface area contributed by atoms with E-state index in [1.54, 1.807) is 0 Å². The minimum Gasteiger partial charge on any atom is -0.547 e. The van der Waals surface area contributed by atoms with Gasteiger partial charge < -0.3 is 70.6 Å². The van der Waals surface area contributed by atoms with Gasteiger partial charge in [-0.3, -0.25) is 0 Å². The summed E-state index contributed by atoms with van der Waals surface area (Å²) in [5, 5.41) is 98.3. The fourth-order valence-electron chi connectivity index (χ4n) is 1.27. The van der Waals surface area contributed by atoms with Crippen LogP contribution in [-0.2, 0) is 14.4 Å². The van der Waals surface area contributed by atoms with E-state index in [9.17, 15) is 24.6 Å². The monoisotopic (exact) mass is 434 g/mol. The van der Waals surface area contributed by atoms with E-state index in [1.807, 2.05) is 0 Å². The third-order valence-corrected chi connectivity index (χ3v) is 2.90. The van der Waals surface area contributed by atoms with Crippen LogP contribution < -0.4 is 69.3 Å². The Morgan fingerprint density at radius 2 is 1.04 bits per heavy atom. The van der Waals surface area contributed by atoms with Gasteiger partial charge in [0.15, 0.2) is 6.29 Å². The molecule has 8 unspecified atom stereocenters. The van der Waals surface area contributed by atoms with E-state index in [2.05, 4.69) is 0 Å². The Bertz CT molecular complexity index is 428. The van der Waals surface area contributed by atoms with Crippen LogP contribution in [0.2, 0.25) is 0 Å². The van der Waals surface area contributed by atoms with Crippen LogP contribution in [0.4, 0.5) is 0 Å². The van der Waals surface area contributed by atoms with Crippen LogP contribution in [0.5, 0.6) is 0 Å². The van der Waals surface area contributed by atoms with Gasteiger partial charge >= 0.3 is 59.1 Å². The summed E-state index contributed by atoms with van der Waals surface area (Å²) in [4.78, 5) is 29.8. The molecule has 0 spiro atoms. The molecule has 0 fully saturated rings. The van der Waals surface area contributed by atoms with E-state index in [1.165, 1.54) is 0 Å². The average molecular weight is 434 g/mol. The Morgan fingerprint density at radius 1 is 0.714 bits per heavy atom. The molecule has 0 radical (unpaired) electrons. The van der Waals surface area contributed by atoms with Crippen molar-refractivity contribution in [2.45, 2.75) is 48.8 Å². The molecular formula is C12H20Na2O14. The van der Waals surface area contributed by atoms with Gasteiger partial charge in [-0.1, -0.05) is 0 Å². The van der Waals surface area contributed by atoms with E-state index in [0.717, 1.165) is 0 Å². The Hall–Kier alpha value is 0.250. The maximum atomic E-state index is 9.96. The first-order chi connectivity index (χ1) is 11.8. The second-order valence-corrected chi connectivity index (χ2v) is 4.87. The predicted molar refractivity (Wildman–Crippen MR) is 71.2 cm³/mol. The minimum absolute atomic E-state index is 0. The fraction of sp³-hybridized carbons (Fsp3) is 0.750. The molecule has 0 saturated carbocycles. The van der Waals surface area contributed by atoms with E-state index >= 15 is 0 Å². The van der Waals surface area contributed by atoms with Gasteiger partial charge in [0.2, 0.25) is 0 Å². The molecular weight excluding hydrogens is 414 g/mol. The number of aliphatic hydroxyl groups is 9. The van der Waals surface area contributed by atoms with E-state index in [-0.39, 0.29) is 65.4 Å². The second-order valence-electron chi connectivity index (χ2n) is 4.87. The fourth-order valence-corrected chi connectivity index (χ4v) is 1.27. The summed E-state index contributed by atoms with van der Waals surface area (Å²) in [6, 6.07) is 0. The molecule has 154 valence electrons. The summed E-state index contributed by atoms with van der Waals surface area (Å²) >= 11 is 0. The Balaban J connectivity index is -0.000000194. The number of carboxylic acids is 2. The number of aldehydes is 1. The van der Waals surface area contributed by atoms with Gasteiger partial charge in [0.1, 0.15) is 48.8 Å². The van der Waals surface area contributed by atoms with Gasteiger partial charge in [0, 0.05) is 0 Å². The zero-order chi connectivity index (χ0) is 21.2. The Kier molecular flexibility index (Phi) is 23.0. The molecule has 14 nitrogen and oxygen atoms in total. The van der Waals surface area contributed by atoms with Gasteiger partial charge in [-0.05, 0) is 0 Å². The molecule has 0 aromatic heterocycles. The molecule has 8 atom stereocenters. The topological polar surface area (TPSA) is 279 Å². The molecule has 0 rings (SSSR count). The number of hydrogen-bond donors (Lipinski definition) is 9. The molecule has 0 heterocycles. The third kappa shape index (κ3) is 12.7. The van der Waals surface area contributed by atoms with Gasteiger partial charge in [-0.15, -0.1) is 0 Å². The van der Waals surface area contributed by atoms with E-state index in [4.69, 9.17) is 46.0 Å². The molecule has 9 N–H and O–H groups in total. The summed E-state index contributed by atoms with van der Waals surface area (Å²) in [5.74, 6) is -4.22. The van der Waals surface area contributed by atoms with Crippen molar-refractivity contribution in [3.63, 3.8) is 0 Å². The number of hydrogen-bond acceptors (Lipinski definition) is 14. The molecule has 0 aliphatic rings. The van der Waals surface area contributed by atoms with Gasteiger partial charge in [-0.25, -0.2) is 0 Å². The number of carboxylic acid groups (broad SMARTS) is 2. The third-order valence-electron chi connectivity index (χ3n) is 2.90. The number of aliphatic hydroxyl groups excluding tert-OH is 9. The van der Waals surface area contributed by atoms with Crippen molar-refractivity contribution < 1.29 is 130 Å². The molecule has 16 heteroatoms. The molecule has 0 aromatic carbocycles. The number of aliphatic carboxylic acids is 2. The average Bonchev–Trinajstić information content (AvgIpc) is 2.62. The zero-order valence-corrected chi connectivity index (χ0v) is 19.0. The van der Waals surface area contributed by atoms with Gasteiger partial charge in [0.05, 0.1) is 18.5 Å². The van der Waals surface area contributed by atoms with Gasteiger partial charge in [-0.2, -0.15) is 0 Å². The number of carbonyl (C=O) groups is 3. The zero-order valence-electron chi connectivity index (χ0n) is 15.0. The van der Waals surface area contributed by atoms with Crippen LogP contribution >= 0.6 is 0 Å². The molecule has 0 aliphatic heterocycles. The van der Waals surface area contributed by atoms with Crippen molar-refractivity contribution in [1.82, 2.24) is 0 Å². The van der Waals surface area contributed by atoms with Crippen LogP contribution in [0.25, 0.3) is 0 Å². The van der Waals surface area contributed by atoms with Crippen LogP contribution in [0, 0.1) is 0 Å². The summed E-state index contributed by atoms with van der Waals surface area (Å²) in [6.45, 7) is -0.760. The quantitative estimate of drug-likeness (QED) is 0.114. The van der Waals surface area contributed by atoms with Crippen LogP contribution in [-0.4, -0.2) is 120 Å². The van der Waals surface area contributed by atoms with Crippen LogP contribution in [0.15, 0.2) is 0 Å². The Morgan fingerprint density at radius 3 is 1.25 bits per heavy atom. The molecule has 0 saturated heterocycles. The van der Waals surface area contributed by atoms with Crippen molar-refractivity contribution >= 4 is 18.2 Å². The summed E-state index contributed by atoms with van der Waals surface area (Å²) in [7, 11) is 0. The van der Waals surface area contributed by atoms with Crippen molar-refractivity contribution in [3.8, 4) is 0 Å². The van der Waals surface area contributed by atoms with Crippen LogP contribution in [0.1, 0.15) is 0 Å². The van der Waals surface area contributed by atoms with E-state index < -0.39 is 67.4 Å². The summed E-state index contributed by atoms with van der Waals surface area (Å²) in [5.41, 5.74) is 0. The van der Waals surface area contributed by atoms with Crippen molar-refractivity contribution in [3.05, 3.63) is 0 Å². The van der Waals surface area contributed by atoms with Crippen molar-refractivity contribution in [1.29, 1.82) is 0 Å². The first-order valence-electron chi connectivity index (χ1n) is 6.75. The normalized spacial score (nSPS) is 18.8. The number of carbonyl (C=O) groups excluding carboxylic acids is 3. The largest absolute Gasteiger partial charge is 1.00 e. The maximum Gasteiger partial charge on any atom is 1.00 e. The first-order valence-corrected chi connectivity index (χ1v) is 6.75. The first kappa shape index (κ1) is 35.7. The molecule has 28 heavy (non-hydrogen) atoms. The van der Waals surface area contributed by atoms with Crippen LogP contribution in [0.3, 0.4) is 0 Å². The Labute approximate surface area is 202 Å². The molecule has 0 aromatic rings. The maximum absolute atomic E-state index is 9.96. The number of rotatable bonds is 10. The molecule has 0 amide bonds. The minimum atomic E-state index is -2.50. The summed E-state index contributed by atoms with van der Waals surface area (Å²) < 4.78 is 0. The summed E-state index contributed by atoms with van der Waals surface area (Å²) in [6.07, 6.45) is -16.6. The predicted octanol–water partition coefficient (Wildman–Crippen LogP) is -15.4. The SMILES string of the molecule is O=C([O-])C(O)C(O)C(O)C(O)C(=O)[O-].O=CC(O)C(O)C(O)C(O)CO.[Na+].[Na+]. The van der Waals surface area contributed by atoms with Crippen molar-refractivity contribution in [2.24, 2.45) is 0 Å². The van der Waals surface area contributed by atoms with Crippen molar-refractivity contribution in [2.75, 3.05) is 6.61 Å². The molecule has 0 aliphatic carbocycles. The van der Waals surface area contributed by atoms with Gasteiger partial charge in [0.25, 0.3) is 0 Å². The van der Waals surface area contributed by atoms with E-state index in [0.29, 0.717) is 0 Å².